The van der Waals surface area contributed by atoms with Crippen molar-refractivity contribution in [1.29, 1.82) is 0 Å². The van der Waals surface area contributed by atoms with Gasteiger partial charge in [0.2, 0.25) is 0 Å². The van der Waals surface area contributed by atoms with Gasteiger partial charge in [-0.05, 0) is 10.8 Å². The summed E-state index contributed by atoms with van der Waals surface area (Å²) in [5.74, 6) is 0. The zero-order valence-corrected chi connectivity index (χ0v) is 10.9. The van der Waals surface area contributed by atoms with Gasteiger partial charge in [0.15, 0.2) is 0 Å². The third-order valence-corrected chi connectivity index (χ3v) is 1.63. The summed E-state index contributed by atoms with van der Waals surface area (Å²) in [7, 11) is 1.83. The highest BCUT2D eigenvalue weighted by Gasteiger charge is 2.19. The Morgan fingerprint density at radius 2 is 1.29 bits per heavy atom. The lowest BCUT2D eigenvalue weighted by Gasteiger charge is -2.33. The van der Waals surface area contributed by atoms with Gasteiger partial charge >= 0.3 is 0 Å². The fourth-order valence-corrected chi connectivity index (χ4v) is 1.52. The van der Waals surface area contributed by atoms with Gasteiger partial charge < -0.3 is 4.90 Å². The molecule has 0 saturated carbocycles. The number of hydrogen-bond donors (Lipinski definition) is 0. The minimum Gasteiger partial charge on any atom is -0.362 e. The van der Waals surface area contributed by atoms with E-state index in [1.807, 2.05) is 13.4 Å². The van der Waals surface area contributed by atoms with Crippen molar-refractivity contribution in [2.45, 2.75) is 41.5 Å². The molecule has 0 saturated heterocycles. The van der Waals surface area contributed by atoms with Gasteiger partial charge in [0.25, 0.3) is 0 Å². The summed E-state index contributed by atoms with van der Waals surface area (Å²) in [5.41, 5.74) is 0.652. The van der Waals surface area contributed by atoms with Crippen LogP contribution < -0.4 is 0 Å². The molecule has 2 heteroatoms. The van der Waals surface area contributed by atoms with E-state index in [0.717, 1.165) is 13.1 Å². The normalized spacial score (nSPS) is 13.6. The molecule has 0 fully saturated rings. The van der Waals surface area contributed by atoms with Crippen molar-refractivity contribution in [2.24, 2.45) is 15.8 Å². The summed E-state index contributed by atoms with van der Waals surface area (Å²) in [6.45, 7) is 15.7. The Kier molecular flexibility index (Phi) is 4.63. The van der Waals surface area contributed by atoms with E-state index >= 15 is 0 Å². The Morgan fingerprint density at radius 3 is 1.50 bits per heavy atom. The molecule has 0 aliphatic carbocycles. The van der Waals surface area contributed by atoms with Gasteiger partial charge in [-0.25, -0.2) is 0 Å². The Hall–Kier alpha value is -0.530. The van der Waals surface area contributed by atoms with Gasteiger partial charge in [-0.15, -0.1) is 0 Å². The number of rotatable bonds is 3. The molecule has 0 aromatic rings. The summed E-state index contributed by atoms with van der Waals surface area (Å²) in [6, 6.07) is 0. The standard InChI is InChI=1S/C12H26N2/c1-11(2,3)8-14(10-13-7)9-12(4,5)6/h10H,8-9H2,1-7H3/b13-10+. The smallest absolute Gasteiger partial charge is 0.0846 e. The van der Waals surface area contributed by atoms with E-state index in [1.54, 1.807) is 0 Å². The van der Waals surface area contributed by atoms with Crippen LogP contribution in [0, 0.1) is 10.8 Å². The lowest BCUT2D eigenvalue weighted by molar-refractivity contribution is 0.219. The topological polar surface area (TPSA) is 15.6 Å². The minimum atomic E-state index is 0.326. The highest BCUT2D eigenvalue weighted by atomic mass is 15.2. The van der Waals surface area contributed by atoms with Gasteiger partial charge in [0.05, 0.1) is 6.34 Å². The van der Waals surface area contributed by atoms with Gasteiger partial charge in [-0.1, -0.05) is 41.5 Å². The number of nitrogens with zero attached hydrogens (tertiary/aromatic N) is 2. The molecule has 0 amide bonds. The predicted molar refractivity (Wildman–Crippen MR) is 64.9 cm³/mol. The first-order valence-corrected chi connectivity index (χ1v) is 5.30. The molecular weight excluding hydrogens is 172 g/mol. The summed E-state index contributed by atoms with van der Waals surface area (Å²) in [4.78, 5) is 6.41. The zero-order valence-electron chi connectivity index (χ0n) is 10.9. The number of aliphatic imine (C=N–C) groups is 1. The van der Waals surface area contributed by atoms with E-state index in [9.17, 15) is 0 Å². The van der Waals surface area contributed by atoms with Crippen LogP contribution in [0.4, 0.5) is 0 Å². The molecule has 0 heterocycles. The van der Waals surface area contributed by atoms with Crippen LogP contribution in [0.5, 0.6) is 0 Å². The Labute approximate surface area is 89.4 Å². The van der Waals surface area contributed by atoms with Gasteiger partial charge in [0.1, 0.15) is 0 Å². The van der Waals surface area contributed by atoms with Gasteiger partial charge in [-0.2, -0.15) is 0 Å². The van der Waals surface area contributed by atoms with Crippen LogP contribution in [-0.2, 0) is 0 Å². The molecule has 0 unspecified atom stereocenters. The molecule has 0 rings (SSSR count). The summed E-state index contributed by atoms with van der Waals surface area (Å²) in [6.07, 6.45) is 1.95. The molecule has 2 nitrogen and oxygen atoms in total. The van der Waals surface area contributed by atoms with E-state index in [0.29, 0.717) is 10.8 Å². The van der Waals surface area contributed by atoms with E-state index in [-0.39, 0.29) is 0 Å². The van der Waals surface area contributed by atoms with Gasteiger partial charge in [-0.3, -0.25) is 4.99 Å². The molecular formula is C12H26N2. The van der Waals surface area contributed by atoms with Crippen molar-refractivity contribution in [3.63, 3.8) is 0 Å². The van der Waals surface area contributed by atoms with Crippen LogP contribution in [0.15, 0.2) is 4.99 Å². The van der Waals surface area contributed by atoms with Gasteiger partial charge in [0, 0.05) is 20.1 Å². The van der Waals surface area contributed by atoms with E-state index in [4.69, 9.17) is 0 Å². The summed E-state index contributed by atoms with van der Waals surface area (Å²) >= 11 is 0. The highest BCUT2D eigenvalue weighted by Crippen LogP contribution is 2.19. The van der Waals surface area contributed by atoms with E-state index in [2.05, 4.69) is 51.4 Å². The second-order valence-electron chi connectivity index (χ2n) is 6.40. The largest absolute Gasteiger partial charge is 0.362 e. The summed E-state index contributed by atoms with van der Waals surface area (Å²) in [5, 5.41) is 0. The molecule has 0 N–H and O–H groups in total. The van der Waals surface area contributed by atoms with Crippen LogP contribution >= 0.6 is 0 Å². The van der Waals surface area contributed by atoms with Crippen molar-refractivity contribution < 1.29 is 0 Å². The maximum atomic E-state index is 4.11. The first kappa shape index (κ1) is 13.5. The molecule has 0 atom stereocenters. The third-order valence-electron chi connectivity index (χ3n) is 1.63. The molecule has 0 bridgehead atoms. The molecule has 0 radical (unpaired) electrons. The molecule has 14 heavy (non-hydrogen) atoms. The average Bonchev–Trinajstić information content (AvgIpc) is 1.78. The zero-order chi connectivity index (χ0) is 11.4. The second kappa shape index (κ2) is 4.81. The van der Waals surface area contributed by atoms with Crippen LogP contribution in [0.25, 0.3) is 0 Å². The van der Waals surface area contributed by atoms with Crippen LogP contribution in [0.2, 0.25) is 0 Å². The Bertz CT molecular complexity index is 165. The van der Waals surface area contributed by atoms with E-state index in [1.165, 1.54) is 0 Å². The van der Waals surface area contributed by atoms with Crippen LogP contribution in [-0.4, -0.2) is 31.4 Å². The molecule has 0 aromatic carbocycles. The SMILES string of the molecule is C/N=C/N(CC(C)(C)C)CC(C)(C)C. The average molecular weight is 198 g/mol. The lowest BCUT2D eigenvalue weighted by Crippen LogP contribution is -2.37. The maximum absolute atomic E-state index is 4.11. The maximum Gasteiger partial charge on any atom is 0.0846 e. The number of hydrogen-bond acceptors (Lipinski definition) is 1. The molecule has 0 aliphatic heterocycles. The fraction of sp³-hybridized carbons (Fsp3) is 0.917. The minimum absolute atomic E-state index is 0.326. The highest BCUT2D eigenvalue weighted by molar-refractivity contribution is 5.54. The van der Waals surface area contributed by atoms with Crippen LogP contribution in [0.3, 0.4) is 0 Å². The molecule has 84 valence electrons. The lowest BCUT2D eigenvalue weighted by atomic mass is 9.92. The first-order chi connectivity index (χ1) is 6.14. The van der Waals surface area contributed by atoms with Crippen LogP contribution in [0.1, 0.15) is 41.5 Å². The molecule has 0 spiro atoms. The molecule has 0 aromatic heterocycles. The first-order valence-electron chi connectivity index (χ1n) is 5.30. The van der Waals surface area contributed by atoms with Crippen molar-refractivity contribution in [2.75, 3.05) is 20.1 Å². The summed E-state index contributed by atoms with van der Waals surface area (Å²) < 4.78 is 0. The van der Waals surface area contributed by atoms with Crippen molar-refractivity contribution in [1.82, 2.24) is 4.90 Å². The predicted octanol–water partition coefficient (Wildman–Crippen LogP) is 3.04. The van der Waals surface area contributed by atoms with E-state index < -0.39 is 0 Å². The fourth-order valence-electron chi connectivity index (χ4n) is 1.52. The monoisotopic (exact) mass is 198 g/mol. The van der Waals surface area contributed by atoms with Crippen molar-refractivity contribution in [3.8, 4) is 0 Å². The Balaban J connectivity index is 4.31. The third kappa shape index (κ3) is 8.09. The quantitative estimate of drug-likeness (QED) is 0.503. The Morgan fingerprint density at radius 1 is 0.929 bits per heavy atom. The van der Waals surface area contributed by atoms with Crippen molar-refractivity contribution in [3.05, 3.63) is 0 Å². The molecule has 0 aliphatic rings. The second-order valence-corrected chi connectivity index (χ2v) is 6.40. The van der Waals surface area contributed by atoms with Crippen molar-refractivity contribution >= 4 is 6.34 Å².